The smallest absolute Gasteiger partial charge is 0.268 e. The number of carbonyl (C=O) groups excluding carboxylic acids is 3. The van der Waals surface area contributed by atoms with E-state index in [0.29, 0.717) is 0 Å². The number of nitrogens with one attached hydrogen (secondary N) is 1. The first kappa shape index (κ1) is 11.7. The SMILES string of the molecule is CC(C=N)C(C(=O)S)C(=O)N=C=O. The zero-order valence-corrected chi connectivity index (χ0v) is 7.75. The number of rotatable bonds is 4. The van der Waals surface area contributed by atoms with Crippen LogP contribution < -0.4 is 0 Å². The second-order valence-corrected chi connectivity index (χ2v) is 2.82. The molecule has 0 saturated heterocycles. The van der Waals surface area contributed by atoms with Crippen molar-refractivity contribution < 1.29 is 14.4 Å². The normalized spacial score (nSPS) is 13.7. The molecule has 0 aromatic carbocycles. The molecule has 1 N–H and O–H groups in total. The molecule has 0 bridgehead atoms. The van der Waals surface area contributed by atoms with Gasteiger partial charge in [-0.05, 0) is 6.21 Å². The van der Waals surface area contributed by atoms with E-state index in [0.717, 1.165) is 12.3 Å². The average molecular weight is 200 g/mol. The Morgan fingerprint density at radius 1 is 1.62 bits per heavy atom. The molecular weight excluding hydrogens is 192 g/mol. The summed E-state index contributed by atoms with van der Waals surface area (Å²) in [6.45, 7) is 1.49. The van der Waals surface area contributed by atoms with Crippen molar-refractivity contribution in [2.24, 2.45) is 16.8 Å². The second kappa shape index (κ2) is 5.40. The standard InChI is InChI=1S/C7H8N2O3S/c1-4(2-8)5(7(12)13)6(11)9-3-10/h2,4-5,8H,1H3,(H,12,13). The molecule has 0 radical (unpaired) electrons. The van der Waals surface area contributed by atoms with E-state index in [2.05, 4.69) is 17.6 Å². The van der Waals surface area contributed by atoms with Crippen LogP contribution in [0.1, 0.15) is 6.92 Å². The molecule has 0 spiro atoms. The minimum Gasteiger partial charge on any atom is -0.313 e. The Morgan fingerprint density at radius 3 is 2.46 bits per heavy atom. The van der Waals surface area contributed by atoms with Crippen molar-refractivity contribution in [2.45, 2.75) is 6.92 Å². The predicted molar refractivity (Wildman–Crippen MR) is 48.6 cm³/mol. The fraction of sp³-hybridized carbons (Fsp3) is 0.429. The van der Waals surface area contributed by atoms with E-state index in [4.69, 9.17) is 5.41 Å². The van der Waals surface area contributed by atoms with Crippen molar-refractivity contribution in [3.63, 3.8) is 0 Å². The minimum atomic E-state index is -1.16. The lowest BCUT2D eigenvalue weighted by atomic mass is 9.96. The molecular formula is C7H8N2O3S. The summed E-state index contributed by atoms with van der Waals surface area (Å²) < 4.78 is 0. The van der Waals surface area contributed by atoms with Crippen LogP contribution in [-0.2, 0) is 14.4 Å². The van der Waals surface area contributed by atoms with Gasteiger partial charge in [-0.3, -0.25) is 9.59 Å². The number of aliphatic imine (C=N–C) groups is 1. The summed E-state index contributed by atoms with van der Waals surface area (Å²) in [6.07, 6.45) is 1.97. The van der Waals surface area contributed by atoms with E-state index in [9.17, 15) is 14.4 Å². The molecule has 70 valence electrons. The first-order valence-corrected chi connectivity index (χ1v) is 3.84. The van der Waals surface area contributed by atoms with E-state index in [1.54, 1.807) is 0 Å². The van der Waals surface area contributed by atoms with Gasteiger partial charge in [-0.25, -0.2) is 4.79 Å². The largest absolute Gasteiger partial charge is 0.313 e. The van der Waals surface area contributed by atoms with E-state index in [1.807, 2.05) is 0 Å². The summed E-state index contributed by atoms with van der Waals surface area (Å²) in [6, 6.07) is 0. The van der Waals surface area contributed by atoms with Crippen LogP contribution >= 0.6 is 12.6 Å². The van der Waals surface area contributed by atoms with Crippen molar-refractivity contribution >= 4 is 35.9 Å². The third-order valence-electron chi connectivity index (χ3n) is 1.48. The lowest BCUT2D eigenvalue weighted by Crippen LogP contribution is -2.26. The molecule has 2 unspecified atom stereocenters. The highest BCUT2D eigenvalue weighted by atomic mass is 32.1. The van der Waals surface area contributed by atoms with Gasteiger partial charge in [-0.2, -0.15) is 0 Å². The van der Waals surface area contributed by atoms with Crippen molar-refractivity contribution in [1.82, 2.24) is 0 Å². The van der Waals surface area contributed by atoms with Crippen molar-refractivity contribution in [3.05, 3.63) is 0 Å². The average Bonchev–Trinajstić information content (AvgIpc) is 2.04. The summed E-state index contributed by atoms with van der Waals surface area (Å²) in [4.78, 5) is 34.3. The van der Waals surface area contributed by atoms with Crippen LogP contribution in [0.4, 0.5) is 0 Å². The summed E-state index contributed by atoms with van der Waals surface area (Å²) in [5, 5.41) is 6.15. The van der Waals surface area contributed by atoms with Crippen LogP contribution in [0.5, 0.6) is 0 Å². The zero-order valence-electron chi connectivity index (χ0n) is 6.85. The molecule has 0 aliphatic carbocycles. The van der Waals surface area contributed by atoms with Gasteiger partial charge in [-0.15, -0.1) is 17.6 Å². The first-order valence-electron chi connectivity index (χ1n) is 3.39. The molecule has 5 nitrogen and oxygen atoms in total. The first-order chi connectivity index (χ1) is 6.04. The van der Waals surface area contributed by atoms with Gasteiger partial charge in [-0.1, -0.05) is 6.92 Å². The molecule has 6 heteroatoms. The predicted octanol–water partition coefficient (Wildman–Crippen LogP) is 0.207. The molecule has 0 aromatic rings. The molecule has 1 amide bonds. The van der Waals surface area contributed by atoms with Gasteiger partial charge in [0.05, 0.1) is 0 Å². The number of hydrogen-bond donors (Lipinski definition) is 2. The number of nitrogens with zero attached hydrogens (tertiary/aromatic N) is 1. The van der Waals surface area contributed by atoms with Crippen LogP contribution in [0.2, 0.25) is 0 Å². The van der Waals surface area contributed by atoms with Crippen LogP contribution in [0.25, 0.3) is 0 Å². The van der Waals surface area contributed by atoms with Crippen molar-refractivity contribution in [1.29, 1.82) is 5.41 Å². The maximum absolute atomic E-state index is 11.0. The van der Waals surface area contributed by atoms with Gasteiger partial charge in [0.2, 0.25) is 6.08 Å². The lowest BCUT2D eigenvalue weighted by Gasteiger charge is -2.11. The lowest BCUT2D eigenvalue weighted by molar-refractivity contribution is -0.128. The number of hydrogen-bond acceptors (Lipinski definition) is 4. The topological polar surface area (TPSA) is 87.4 Å². The molecule has 0 heterocycles. The fourth-order valence-corrected chi connectivity index (χ4v) is 1.11. The van der Waals surface area contributed by atoms with E-state index >= 15 is 0 Å². The third kappa shape index (κ3) is 3.31. The van der Waals surface area contributed by atoms with Gasteiger partial charge in [0.15, 0.2) is 5.12 Å². The van der Waals surface area contributed by atoms with E-state index < -0.39 is 22.9 Å². The van der Waals surface area contributed by atoms with E-state index in [-0.39, 0.29) is 0 Å². The Morgan fingerprint density at radius 2 is 2.15 bits per heavy atom. The van der Waals surface area contributed by atoms with Crippen LogP contribution in [-0.4, -0.2) is 23.3 Å². The Bertz CT molecular complexity index is 283. The summed E-state index contributed by atoms with van der Waals surface area (Å²) in [5.41, 5.74) is 0. The zero-order chi connectivity index (χ0) is 10.4. The Balaban J connectivity index is 4.80. The highest BCUT2D eigenvalue weighted by molar-refractivity contribution is 7.96. The molecule has 0 rings (SSSR count). The number of amides is 1. The molecule has 0 aliphatic heterocycles. The second-order valence-electron chi connectivity index (χ2n) is 2.38. The molecule has 13 heavy (non-hydrogen) atoms. The molecule has 0 aliphatic rings. The van der Waals surface area contributed by atoms with Gasteiger partial charge < -0.3 is 5.41 Å². The molecule has 2 atom stereocenters. The van der Waals surface area contributed by atoms with Gasteiger partial charge >= 0.3 is 0 Å². The maximum Gasteiger partial charge on any atom is 0.268 e. The Hall–Kier alpha value is -1.26. The maximum atomic E-state index is 11.0. The van der Waals surface area contributed by atoms with Crippen LogP contribution in [0.15, 0.2) is 4.99 Å². The molecule has 0 fully saturated rings. The Labute approximate surface area is 80.1 Å². The van der Waals surface area contributed by atoms with Gasteiger partial charge in [0, 0.05) is 5.92 Å². The number of isocyanates is 1. The van der Waals surface area contributed by atoms with Gasteiger partial charge in [0.25, 0.3) is 5.91 Å². The number of carbonyl (C=O) groups is 2. The molecule has 0 saturated carbocycles. The molecule has 0 aromatic heterocycles. The monoisotopic (exact) mass is 200 g/mol. The fourth-order valence-electron chi connectivity index (χ4n) is 0.766. The highest BCUT2D eigenvalue weighted by Crippen LogP contribution is 2.14. The van der Waals surface area contributed by atoms with Crippen molar-refractivity contribution in [2.75, 3.05) is 0 Å². The van der Waals surface area contributed by atoms with Crippen LogP contribution in [0.3, 0.4) is 0 Å². The summed E-state index contributed by atoms with van der Waals surface area (Å²) >= 11 is 3.47. The summed E-state index contributed by atoms with van der Waals surface area (Å²) in [7, 11) is 0. The Kier molecular flexibility index (Phi) is 4.87. The van der Waals surface area contributed by atoms with E-state index in [1.165, 1.54) is 6.92 Å². The third-order valence-corrected chi connectivity index (χ3v) is 1.75. The van der Waals surface area contributed by atoms with Gasteiger partial charge in [0.1, 0.15) is 5.92 Å². The quantitative estimate of drug-likeness (QED) is 0.294. The number of thiol groups is 1. The van der Waals surface area contributed by atoms with Crippen LogP contribution in [0, 0.1) is 17.2 Å². The van der Waals surface area contributed by atoms with Crippen molar-refractivity contribution in [3.8, 4) is 0 Å². The highest BCUT2D eigenvalue weighted by Gasteiger charge is 2.28. The summed E-state index contributed by atoms with van der Waals surface area (Å²) in [5.74, 6) is -2.69. The minimum absolute atomic E-state index is 0.616.